The smallest absolute Gasteiger partial charge is 0.225 e. The molecule has 1 aromatic heterocycles. The van der Waals surface area contributed by atoms with E-state index in [1.54, 1.807) is 0 Å². The minimum absolute atomic E-state index is 0.254. The molecule has 0 aliphatic heterocycles. The van der Waals surface area contributed by atoms with Crippen molar-refractivity contribution in [2.24, 2.45) is 11.8 Å². The molecule has 0 unspecified atom stereocenters. The van der Waals surface area contributed by atoms with Crippen LogP contribution in [0.4, 0.5) is 11.8 Å². The largest absolute Gasteiger partial charge is 0.362 e. The van der Waals surface area contributed by atoms with Gasteiger partial charge in [0.25, 0.3) is 0 Å². The molecular formula is C25H37N5O. The lowest BCUT2D eigenvalue weighted by Crippen LogP contribution is -2.41. The highest BCUT2D eigenvalue weighted by molar-refractivity contribution is 5.90. The van der Waals surface area contributed by atoms with E-state index >= 15 is 0 Å². The minimum atomic E-state index is 0.254. The topological polar surface area (TPSA) is 70.2 Å². The van der Waals surface area contributed by atoms with Crippen molar-refractivity contribution < 1.29 is 4.79 Å². The van der Waals surface area contributed by atoms with E-state index in [0.717, 1.165) is 48.3 Å². The van der Waals surface area contributed by atoms with E-state index in [-0.39, 0.29) is 5.91 Å². The molecule has 4 rings (SSSR count). The van der Waals surface area contributed by atoms with E-state index in [9.17, 15) is 4.79 Å². The second-order valence-electron chi connectivity index (χ2n) is 9.87. The van der Waals surface area contributed by atoms with E-state index in [2.05, 4.69) is 23.6 Å². The standard InChI is InChI=1S/C25H37N5O/c1-17-8-10-18(11-9-17)16-23(31)26-19-12-14-20(15-13-19)27-25-28-22-7-5-4-6-21(22)24(29-25)30(2)3/h4-7,17-20H,8-16H2,1-3H3,(H,26,31)(H,27,28,29). The third-order valence-electron chi connectivity index (χ3n) is 7.04. The molecule has 0 spiro atoms. The fraction of sp³-hybridized carbons (Fsp3) is 0.640. The molecule has 0 bridgehead atoms. The molecule has 1 aromatic carbocycles. The first kappa shape index (κ1) is 21.8. The van der Waals surface area contributed by atoms with Crippen LogP contribution in [-0.4, -0.2) is 42.1 Å². The predicted octanol–water partition coefficient (Wildman–Crippen LogP) is 4.75. The van der Waals surface area contributed by atoms with Crippen molar-refractivity contribution in [2.75, 3.05) is 24.3 Å². The van der Waals surface area contributed by atoms with Crippen LogP contribution in [0.5, 0.6) is 0 Å². The van der Waals surface area contributed by atoms with Gasteiger partial charge in [-0.2, -0.15) is 4.98 Å². The summed E-state index contributed by atoms with van der Waals surface area (Å²) in [6, 6.07) is 8.80. The van der Waals surface area contributed by atoms with Crippen molar-refractivity contribution in [1.29, 1.82) is 0 Å². The molecule has 6 nitrogen and oxygen atoms in total. The molecule has 0 atom stereocenters. The molecule has 0 radical (unpaired) electrons. The third-order valence-corrected chi connectivity index (χ3v) is 7.04. The molecule has 2 saturated carbocycles. The van der Waals surface area contributed by atoms with Crippen molar-refractivity contribution in [3.05, 3.63) is 24.3 Å². The summed E-state index contributed by atoms with van der Waals surface area (Å²) in [7, 11) is 4.03. The highest BCUT2D eigenvalue weighted by atomic mass is 16.1. The van der Waals surface area contributed by atoms with Crippen LogP contribution in [0.2, 0.25) is 0 Å². The lowest BCUT2D eigenvalue weighted by molar-refractivity contribution is -0.123. The van der Waals surface area contributed by atoms with E-state index in [4.69, 9.17) is 9.97 Å². The lowest BCUT2D eigenvalue weighted by Gasteiger charge is -2.31. The van der Waals surface area contributed by atoms with Crippen LogP contribution < -0.4 is 15.5 Å². The SMILES string of the molecule is CC1CCC(CC(=O)NC2CCC(Nc3nc(N(C)C)c4ccccc4n3)CC2)CC1. The van der Waals surface area contributed by atoms with E-state index < -0.39 is 0 Å². The molecule has 2 aliphatic carbocycles. The number of hydrogen-bond donors (Lipinski definition) is 2. The Morgan fingerprint density at radius 3 is 2.35 bits per heavy atom. The van der Waals surface area contributed by atoms with E-state index in [0.29, 0.717) is 30.4 Å². The third kappa shape index (κ3) is 5.66. The van der Waals surface area contributed by atoms with Gasteiger partial charge in [0.05, 0.1) is 5.52 Å². The van der Waals surface area contributed by atoms with Crippen LogP contribution in [0.15, 0.2) is 24.3 Å². The number of aromatic nitrogens is 2. The first-order valence-electron chi connectivity index (χ1n) is 12.0. The summed E-state index contributed by atoms with van der Waals surface area (Å²) in [5.41, 5.74) is 0.960. The van der Waals surface area contributed by atoms with Crippen LogP contribution >= 0.6 is 0 Å². The van der Waals surface area contributed by atoms with Gasteiger partial charge in [-0.05, 0) is 62.5 Å². The summed E-state index contributed by atoms with van der Waals surface area (Å²) in [6.07, 6.45) is 9.78. The number of carbonyl (C=O) groups is 1. The van der Waals surface area contributed by atoms with Gasteiger partial charge >= 0.3 is 0 Å². The molecular weight excluding hydrogens is 386 g/mol. The van der Waals surface area contributed by atoms with Crippen LogP contribution in [-0.2, 0) is 4.79 Å². The molecule has 31 heavy (non-hydrogen) atoms. The van der Waals surface area contributed by atoms with Crippen LogP contribution in [0.3, 0.4) is 0 Å². The second-order valence-corrected chi connectivity index (χ2v) is 9.87. The molecule has 6 heteroatoms. The Morgan fingerprint density at radius 1 is 0.968 bits per heavy atom. The molecule has 2 aliphatic rings. The lowest BCUT2D eigenvalue weighted by atomic mass is 9.81. The second kappa shape index (κ2) is 9.84. The average molecular weight is 424 g/mol. The Morgan fingerprint density at radius 2 is 1.65 bits per heavy atom. The first-order chi connectivity index (χ1) is 15.0. The maximum absolute atomic E-state index is 12.5. The molecule has 2 fully saturated rings. The van der Waals surface area contributed by atoms with Crippen LogP contribution in [0, 0.1) is 11.8 Å². The van der Waals surface area contributed by atoms with Gasteiger partial charge in [-0.15, -0.1) is 0 Å². The highest BCUT2D eigenvalue weighted by Crippen LogP contribution is 2.31. The molecule has 2 N–H and O–H groups in total. The minimum Gasteiger partial charge on any atom is -0.362 e. The van der Waals surface area contributed by atoms with Gasteiger partial charge in [0.1, 0.15) is 5.82 Å². The number of para-hydroxylation sites is 1. The summed E-state index contributed by atoms with van der Waals surface area (Å²) in [5.74, 6) is 3.31. The fourth-order valence-corrected chi connectivity index (χ4v) is 5.11. The number of nitrogens with one attached hydrogen (secondary N) is 2. The number of rotatable bonds is 6. The summed E-state index contributed by atoms with van der Waals surface area (Å²) in [6.45, 7) is 2.33. The van der Waals surface area contributed by atoms with Crippen molar-refractivity contribution in [1.82, 2.24) is 15.3 Å². The van der Waals surface area contributed by atoms with E-state index in [1.165, 1.54) is 25.7 Å². The van der Waals surface area contributed by atoms with Gasteiger partial charge < -0.3 is 15.5 Å². The zero-order chi connectivity index (χ0) is 21.8. The number of benzene rings is 1. The summed E-state index contributed by atoms with van der Waals surface area (Å²) < 4.78 is 0. The van der Waals surface area contributed by atoms with Gasteiger partial charge in [0.15, 0.2) is 0 Å². The first-order valence-corrected chi connectivity index (χ1v) is 12.0. The fourth-order valence-electron chi connectivity index (χ4n) is 5.11. The Kier molecular flexibility index (Phi) is 6.93. The Labute approximate surface area is 186 Å². The Hall–Kier alpha value is -2.37. The number of fused-ring (bicyclic) bond motifs is 1. The zero-order valence-electron chi connectivity index (χ0n) is 19.2. The molecule has 1 heterocycles. The molecule has 1 amide bonds. The van der Waals surface area contributed by atoms with Crippen molar-refractivity contribution in [3.8, 4) is 0 Å². The highest BCUT2D eigenvalue weighted by Gasteiger charge is 2.25. The van der Waals surface area contributed by atoms with Crippen molar-refractivity contribution in [3.63, 3.8) is 0 Å². The summed E-state index contributed by atoms with van der Waals surface area (Å²) in [4.78, 5) is 24.0. The number of anilines is 2. The summed E-state index contributed by atoms with van der Waals surface area (Å²) >= 11 is 0. The van der Waals surface area contributed by atoms with Crippen molar-refractivity contribution in [2.45, 2.75) is 76.8 Å². The zero-order valence-corrected chi connectivity index (χ0v) is 19.2. The predicted molar refractivity (Wildman–Crippen MR) is 127 cm³/mol. The average Bonchev–Trinajstić information content (AvgIpc) is 2.76. The van der Waals surface area contributed by atoms with Crippen LogP contribution in [0.25, 0.3) is 10.9 Å². The van der Waals surface area contributed by atoms with Gasteiger partial charge in [0.2, 0.25) is 11.9 Å². The Balaban J connectivity index is 1.28. The van der Waals surface area contributed by atoms with E-state index in [1.807, 2.05) is 37.2 Å². The normalized spacial score (nSPS) is 26.4. The Bertz CT molecular complexity index is 883. The summed E-state index contributed by atoms with van der Waals surface area (Å²) in [5, 5.41) is 7.92. The number of hydrogen-bond acceptors (Lipinski definition) is 5. The van der Waals surface area contributed by atoms with Crippen LogP contribution in [0.1, 0.15) is 64.7 Å². The number of amides is 1. The number of nitrogens with zero attached hydrogens (tertiary/aromatic N) is 3. The van der Waals surface area contributed by atoms with Gasteiger partial charge in [-0.1, -0.05) is 31.9 Å². The van der Waals surface area contributed by atoms with Gasteiger partial charge in [-0.3, -0.25) is 4.79 Å². The van der Waals surface area contributed by atoms with Crippen molar-refractivity contribution >= 4 is 28.6 Å². The molecule has 2 aromatic rings. The molecule has 168 valence electrons. The maximum Gasteiger partial charge on any atom is 0.225 e. The van der Waals surface area contributed by atoms with Gasteiger partial charge in [-0.25, -0.2) is 4.98 Å². The maximum atomic E-state index is 12.5. The quantitative estimate of drug-likeness (QED) is 0.701. The molecule has 0 saturated heterocycles. The number of carbonyl (C=O) groups excluding carboxylic acids is 1. The monoisotopic (exact) mass is 423 g/mol. The van der Waals surface area contributed by atoms with Gasteiger partial charge in [0, 0.05) is 38.0 Å².